The van der Waals surface area contributed by atoms with Crippen LogP contribution in [0.4, 0.5) is 0 Å². The minimum Gasteiger partial charge on any atom is -0.331 e. The molecule has 0 aliphatic heterocycles. The van der Waals surface area contributed by atoms with E-state index in [2.05, 4.69) is 59.9 Å². The van der Waals surface area contributed by atoms with E-state index in [-0.39, 0.29) is 0 Å². The van der Waals surface area contributed by atoms with E-state index < -0.39 is 0 Å². The third-order valence-electron chi connectivity index (χ3n) is 3.40. The van der Waals surface area contributed by atoms with E-state index in [4.69, 9.17) is 0 Å². The second-order valence-corrected chi connectivity index (χ2v) is 4.84. The predicted octanol–water partition coefficient (Wildman–Crippen LogP) is 3.63. The molecule has 1 aromatic carbocycles. The van der Waals surface area contributed by atoms with Crippen LogP contribution in [-0.2, 0) is 6.54 Å². The predicted molar refractivity (Wildman–Crippen MR) is 80.0 cm³/mol. The van der Waals surface area contributed by atoms with Crippen LogP contribution in [0.5, 0.6) is 0 Å². The molecule has 1 atom stereocenters. The van der Waals surface area contributed by atoms with Gasteiger partial charge < -0.3 is 9.88 Å². The maximum absolute atomic E-state index is 4.46. The minimum atomic E-state index is 0.380. The topological polar surface area (TPSA) is 29.9 Å². The van der Waals surface area contributed by atoms with Crippen LogP contribution in [0.15, 0.2) is 36.7 Å². The lowest BCUT2D eigenvalue weighted by Gasteiger charge is -2.15. The van der Waals surface area contributed by atoms with Crippen LogP contribution in [0.25, 0.3) is 11.4 Å². The molecule has 2 aromatic rings. The number of hydrogen-bond donors (Lipinski definition) is 1. The molecule has 1 aromatic heterocycles. The Morgan fingerprint density at radius 3 is 2.89 bits per heavy atom. The molecule has 0 saturated carbocycles. The Labute approximate surface area is 115 Å². The molecule has 102 valence electrons. The van der Waals surface area contributed by atoms with Crippen LogP contribution in [0.1, 0.15) is 38.8 Å². The Morgan fingerprint density at radius 1 is 1.32 bits per heavy atom. The van der Waals surface area contributed by atoms with Gasteiger partial charge in [-0.3, -0.25) is 0 Å². The van der Waals surface area contributed by atoms with E-state index in [0.717, 1.165) is 25.3 Å². The Kier molecular flexibility index (Phi) is 4.74. The smallest absolute Gasteiger partial charge is 0.139 e. The summed E-state index contributed by atoms with van der Waals surface area (Å²) in [4.78, 5) is 4.46. The number of nitrogens with zero attached hydrogens (tertiary/aromatic N) is 2. The largest absolute Gasteiger partial charge is 0.331 e. The molecular formula is C16H23N3. The van der Waals surface area contributed by atoms with Crippen LogP contribution < -0.4 is 5.32 Å². The first kappa shape index (κ1) is 13.8. The second kappa shape index (κ2) is 6.53. The molecular weight excluding hydrogens is 234 g/mol. The van der Waals surface area contributed by atoms with Crippen molar-refractivity contribution in [1.82, 2.24) is 14.9 Å². The number of nitrogens with one attached hydrogen (secondary N) is 1. The normalized spacial score (nSPS) is 12.6. The van der Waals surface area contributed by atoms with Crippen LogP contribution in [0.2, 0.25) is 0 Å². The van der Waals surface area contributed by atoms with Gasteiger partial charge in [0.2, 0.25) is 0 Å². The molecule has 3 nitrogen and oxygen atoms in total. The molecule has 1 N–H and O–H groups in total. The number of imidazole rings is 1. The molecule has 0 fully saturated rings. The van der Waals surface area contributed by atoms with Crippen molar-refractivity contribution in [2.24, 2.45) is 0 Å². The fraction of sp³-hybridized carbons (Fsp3) is 0.438. The van der Waals surface area contributed by atoms with Gasteiger partial charge in [0.1, 0.15) is 5.82 Å². The minimum absolute atomic E-state index is 0.380. The van der Waals surface area contributed by atoms with Crippen molar-refractivity contribution in [2.75, 3.05) is 6.54 Å². The van der Waals surface area contributed by atoms with Crippen LogP contribution in [-0.4, -0.2) is 16.1 Å². The highest BCUT2D eigenvalue weighted by Gasteiger charge is 2.08. The first-order chi connectivity index (χ1) is 9.26. The van der Waals surface area contributed by atoms with Gasteiger partial charge in [-0.25, -0.2) is 4.98 Å². The van der Waals surface area contributed by atoms with Gasteiger partial charge in [0.15, 0.2) is 0 Å². The van der Waals surface area contributed by atoms with E-state index in [1.165, 1.54) is 11.1 Å². The molecule has 0 amide bonds. The van der Waals surface area contributed by atoms with Crippen molar-refractivity contribution in [3.8, 4) is 11.4 Å². The summed E-state index contributed by atoms with van der Waals surface area (Å²) in [5.74, 6) is 1.05. The number of rotatable bonds is 6. The first-order valence-corrected chi connectivity index (χ1v) is 7.11. The summed E-state index contributed by atoms with van der Waals surface area (Å²) in [5.41, 5.74) is 2.51. The third kappa shape index (κ3) is 3.24. The molecule has 0 bridgehead atoms. The van der Waals surface area contributed by atoms with Crippen LogP contribution in [0, 0.1) is 0 Å². The Bertz CT molecular complexity index is 516. The zero-order chi connectivity index (χ0) is 13.7. The van der Waals surface area contributed by atoms with Gasteiger partial charge in [-0.15, -0.1) is 0 Å². The van der Waals surface area contributed by atoms with Gasteiger partial charge in [0.05, 0.1) is 0 Å². The first-order valence-electron chi connectivity index (χ1n) is 7.11. The average Bonchev–Trinajstić information content (AvgIpc) is 2.93. The van der Waals surface area contributed by atoms with Gasteiger partial charge in [-0.2, -0.15) is 0 Å². The summed E-state index contributed by atoms with van der Waals surface area (Å²) in [5, 5.41) is 3.52. The van der Waals surface area contributed by atoms with Gasteiger partial charge in [0, 0.05) is 30.5 Å². The maximum atomic E-state index is 4.46. The summed E-state index contributed by atoms with van der Waals surface area (Å²) in [7, 11) is 0. The monoisotopic (exact) mass is 257 g/mol. The van der Waals surface area contributed by atoms with Crippen LogP contribution in [0.3, 0.4) is 0 Å². The Hall–Kier alpha value is -1.61. The lowest BCUT2D eigenvalue weighted by atomic mass is 10.0. The van der Waals surface area contributed by atoms with Gasteiger partial charge >= 0.3 is 0 Å². The van der Waals surface area contributed by atoms with Crippen molar-refractivity contribution in [3.63, 3.8) is 0 Å². The third-order valence-corrected chi connectivity index (χ3v) is 3.40. The molecule has 1 heterocycles. The van der Waals surface area contributed by atoms with Crippen molar-refractivity contribution in [2.45, 2.75) is 39.8 Å². The highest BCUT2D eigenvalue weighted by molar-refractivity contribution is 5.57. The molecule has 0 aliphatic rings. The zero-order valence-electron chi connectivity index (χ0n) is 12.1. The lowest BCUT2D eigenvalue weighted by Crippen LogP contribution is -2.19. The second-order valence-electron chi connectivity index (χ2n) is 4.84. The van der Waals surface area contributed by atoms with Gasteiger partial charge in [-0.05, 0) is 38.4 Å². The van der Waals surface area contributed by atoms with E-state index >= 15 is 0 Å². The van der Waals surface area contributed by atoms with E-state index in [0.29, 0.717) is 6.04 Å². The van der Waals surface area contributed by atoms with Gasteiger partial charge in [-0.1, -0.05) is 25.1 Å². The lowest BCUT2D eigenvalue weighted by molar-refractivity contribution is 0.571. The summed E-state index contributed by atoms with van der Waals surface area (Å²) < 4.78 is 2.17. The highest BCUT2D eigenvalue weighted by Crippen LogP contribution is 2.22. The molecule has 0 aliphatic carbocycles. The summed E-state index contributed by atoms with van der Waals surface area (Å²) in [6, 6.07) is 9.04. The maximum Gasteiger partial charge on any atom is 0.139 e. The zero-order valence-corrected chi connectivity index (χ0v) is 12.1. The summed E-state index contributed by atoms with van der Waals surface area (Å²) >= 11 is 0. The fourth-order valence-electron chi connectivity index (χ4n) is 2.25. The average molecular weight is 257 g/mol. The number of benzene rings is 1. The molecule has 3 heteroatoms. The quantitative estimate of drug-likeness (QED) is 0.856. The molecule has 0 radical (unpaired) electrons. The Balaban J connectivity index is 2.24. The van der Waals surface area contributed by atoms with Crippen LogP contribution >= 0.6 is 0 Å². The SMILES string of the molecule is CCCNC(C)c1cccc(-c2nccn2CC)c1. The standard InChI is InChI=1S/C16H23N3/c1-4-9-17-13(3)14-7-6-8-15(12-14)16-18-10-11-19(16)5-2/h6-8,10-13,17H,4-5,9H2,1-3H3. The van der Waals surface area contributed by atoms with Crippen molar-refractivity contribution < 1.29 is 0 Å². The molecule has 2 rings (SSSR count). The number of aromatic nitrogens is 2. The summed E-state index contributed by atoms with van der Waals surface area (Å²) in [6.45, 7) is 8.54. The summed E-state index contributed by atoms with van der Waals surface area (Å²) in [6.07, 6.45) is 5.05. The molecule has 0 spiro atoms. The van der Waals surface area contributed by atoms with E-state index in [1.54, 1.807) is 0 Å². The van der Waals surface area contributed by atoms with Crippen molar-refractivity contribution in [1.29, 1.82) is 0 Å². The van der Waals surface area contributed by atoms with Gasteiger partial charge in [0.25, 0.3) is 0 Å². The fourth-order valence-corrected chi connectivity index (χ4v) is 2.25. The molecule has 0 saturated heterocycles. The molecule has 1 unspecified atom stereocenters. The van der Waals surface area contributed by atoms with Crippen molar-refractivity contribution in [3.05, 3.63) is 42.2 Å². The Morgan fingerprint density at radius 2 is 2.16 bits per heavy atom. The van der Waals surface area contributed by atoms with E-state index in [1.807, 2.05) is 12.4 Å². The van der Waals surface area contributed by atoms with Crippen molar-refractivity contribution >= 4 is 0 Å². The highest BCUT2D eigenvalue weighted by atomic mass is 15.1. The van der Waals surface area contributed by atoms with E-state index in [9.17, 15) is 0 Å². The number of aryl methyl sites for hydroxylation is 1. The molecule has 19 heavy (non-hydrogen) atoms. The number of hydrogen-bond acceptors (Lipinski definition) is 2.